The van der Waals surface area contributed by atoms with Gasteiger partial charge in [-0.2, -0.15) is 8.78 Å². The van der Waals surface area contributed by atoms with Gasteiger partial charge < -0.3 is 15.3 Å². The summed E-state index contributed by atoms with van der Waals surface area (Å²) in [6.45, 7) is 0.202. The molecule has 0 radical (unpaired) electrons. The average Bonchev–Trinajstić information content (AvgIpc) is 2.44. The Morgan fingerprint density at radius 1 is 1.39 bits per heavy atom. The summed E-state index contributed by atoms with van der Waals surface area (Å²) in [5.74, 6) is -5.82. The Morgan fingerprint density at radius 3 is 2.52 bits per heavy atom. The van der Waals surface area contributed by atoms with E-state index in [2.05, 4.69) is 5.32 Å². The van der Waals surface area contributed by atoms with E-state index in [1.165, 1.54) is 6.07 Å². The second-order valence-corrected chi connectivity index (χ2v) is 6.31. The first-order chi connectivity index (χ1) is 10.7. The highest BCUT2D eigenvalue weighted by molar-refractivity contribution is 5.85. The highest BCUT2D eigenvalue weighted by Gasteiger charge is 2.61. The van der Waals surface area contributed by atoms with Gasteiger partial charge in [-0.05, 0) is 45.0 Å². The number of nitrogens with one attached hydrogen (secondary N) is 1. The maximum Gasteiger partial charge on any atom is 0.352 e. The van der Waals surface area contributed by atoms with Crippen LogP contribution in [0.1, 0.15) is 30.4 Å². The lowest BCUT2D eigenvalue weighted by atomic mass is 9.75. The number of benzene rings is 1. The third kappa shape index (κ3) is 3.67. The number of nitrogens with zero attached hydrogens (tertiary/aromatic N) is 1. The molecule has 1 aliphatic rings. The number of carbonyl (C=O) groups is 1. The maximum atomic E-state index is 13.9. The van der Waals surface area contributed by atoms with Gasteiger partial charge in [-0.15, -0.1) is 0 Å². The van der Waals surface area contributed by atoms with E-state index in [4.69, 9.17) is 0 Å². The molecule has 0 heterocycles. The Kier molecular flexibility index (Phi) is 5.01. The van der Waals surface area contributed by atoms with Gasteiger partial charge in [0.15, 0.2) is 0 Å². The molecule has 2 N–H and O–H groups in total. The van der Waals surface area contributed by atoms with E-state index in [9.17, 15) is 23.1 Å². The van der Waals surface area contributed by atoms with E-state index in [1.54, 1.807) is 31.1 Å². The first-order valence-corrected chi connectivity index (χ1v) is 7.46. The number of aliphatic hydroxyl groups is 1. The second-order valence-electron chi connectivity index (χ2n) is 6.31. The molecule has 0 aromatic heterocycles. The summed E-state index contributed by atoms with van der Waals surface area (Å²) in [6.07, 6.45) is 0.278. The fourth-order valence-corrected chi connectivity index (χ4v) is 2.50. The van der Waals surface area contributed by atoms with Gasteiger partial charge in [0, 0.05) is 18.7 Å². The van der Waals surface area contributed by atoms with Gasteiger partial charge in [0.1, 0.15) is 11.4 Å². The van der Waals surface area contributed by atoms with Crippen molar-refractivity contribution in [2.24, 2.45) is 0 Å². The van der Waals surface area contributed by atoms with Crippen LogP contribution in [0.25, 0.3) is 0 Å². The van der Waals surface area contributed by atoms with Crippen molar-refractivity contribution in [3.05, 3.63) is 35.1 Å². The molecule has 4 nitrogen and oxygen atoms in total. The topological polar surface area (TPSA) is 52.6 Å². The van der Waals surface area contributed by atoms with E-state index in [1.807, 2.05) is 0 Å². The average molecular weight is 330 g/mol. The molecular formula is C16H21F3N2O2. The van der Waals surface area contributed by atoms with Gasteiger partial charge in [-0.3, -0.25) is 4.79 Å². The number of rotatable bonds is 6. The minimum absolute atomic E-state index is 0.0960. The van der Waals surface area contributed by atoms with Gasteiger partial charge in [-0.1, -0.05) is 12.1 Å². The lowest BCUT2D eigenvalue weighted by Crippen LogP contribution is -2.60. The quantitative estimate of drug-likeness (QED) is 0.839. The fraction of sp³-hybridized carbons (Fsp3) is 0.562. The monoisotopic (exact) mass is 330 g/mol. The molecule has 0 unspecified atom stereocenters. The van der Waals surface area contributed by atoms with Crippen molar-refractivity contribution >= 4 is 5.91 Å². The van der Waals surface area contributed by atoms with Crippen LogP contribution in [0.15, 0.2) is 18.2 Å². The summed E-state index contributed by atoms with van der Waals surface area (Å²) in [7, 11) is 3.61. The van der Waals surface area contributed by atoms with Crippen LogP contribution in [0, 0.1) is 5.82 Å². The molecule has 0 saturated heterocycles. The van der Waals surface area contributed by atoms with Crippen molar-refractivity contribution in [1.29, 1.82) is 0 Å². The van der Waals surface area contributed by atoms with Gasteiger partial charge in [0.2, 0.25) is 0 Å². The van der Waals surface area contributed by atoms with Crippen LogP contribution in [0.3, 0.4) is 0 Å². The summed E-state index contributed by atoms with van der Waals surface area (Å²) in [4.78, 5) is 13.5. The molecule has 7 heteroatoms. The molecule has 23 heavy (non-hydrogen) atoms. The Morgan fingerprint density at radius 2 is 2.04 bits per heavy atom. The lowest BCUT2D eigenvalue weighted by molar-refractivity contribution is -0.216. The third-order valence-electron chi connectivity index (χ3n) is 4.11. The Balaban J connectivity index is 1.98. The maximum absolute atomic E-state index is 13.9. The van der Waals surface area contributed by atoms with E-state index in [-0.39, 0.29) is 19.4 Å². The van der Waals surface area contributed by atoms with Crippen LogP contribution in [0.5, 0.6) is 0 Å². The molecule has 2 rings (SSSR count). The Hall–Kier alpha value is -1.60. The minimum Gasteiger partial charge on any atom is -0.383 e. The van der Waals surface area contributed by atoms with Gasteiger partial charge in [0.05, 0.1) is 0 Å². The molecule has 1 aromatic carbocycles. The number of amides is 1. The van der Waals surface area contributed by atoms with Crippen molar-refractivity contribution < 1.29 is 23.1 Å². The van der Waals surface area contributed by atoms with E-state index < -0.39 is 23.2 Å². The van der Waals surface area contributed by atoms with Crippen molar-refractivity contribution in [2.45, 2.75) is 43.9 Å². The molecule has 0 aliphatic heterocycles. The largest absolute Gasteiger partial charge is 0.383 e. The Bertz CT molecular complexity index is 587. The zero-order valence-electron chi connectivity index (χ0n) is 13.2. The molecule has 0 bridgehead atoms. The summed E-state index contributed by atoms with van der Waals surface area (Å²) in [6, 6.07) is 4.36. The molecule has 0 atom stereocenters. The van der Waals surface area contributed by atoms with Gasteiger partial charge in [-0.25, -0.2) is 4.39 Å². The smallest absolute Gasteiger partial charge is 0.352 e. The predicted octanol–water partition coefficient (Wildman–Crippen LogP) is 2.05. The van der Waals surface area contributed by atoms with Crippen molar-refractivity contribution in [1.82, 2.24) is 10.2 Å². The summed E-state index contributed by atoms with van der Waals surface area (Å²) in [5, 5.41) is 11.8. The highest BCUT2D eigenvalue weighted by atomic mass is 19.3. The number of hydrogen-bond acceptors (Lipinski definition) is 3. The summed E-state index contributed by atoms with van der Waals surface area (Å²) < 4.78 is 41.7. The third-order valence-corrected chi connectivity index (χ3v) is 4.11. The van der Waals surface area contributed by atoms with E-state index in [0.717, 1.165) is 0 Å². The molecule has 128 valence electrons. The predicted molar refractivity (Wildman–Crippen MR) is 79.4 cm³/mol. The van der Waals surface area contributed by atoms with Gasteiger partial charge in [0.25, 0.3) is 5.91 Å². The number of alkyl halides is 2. The molecule has 0 spiro atoms. The van der Waals surface area contributed by atoms with E-state index in [0.29, 0.717) is 24.1 Å². The van der Waals surface area contributed by atoms with Crippen LogP contribution < -0.4 is 5.32 Å². The van der Waals surface area contributed by atoms with Crippen molar-refractivity contribution in [3.63, 3.8) is 0 Å². The summed E-state index contributed by atoms with van der Waals surface area (Å²) >= 11 is 0. The number of carbonyl (C=O) groups excluding carboxylic acids is 1. The summed E-state index contributed by atoms with van der Waals surface area (Å²) in [5.41, 5.74) is -1.38. The van der Waals surface area contributed by atoms with Crippen LogP contribution >= 0.6 is 0 Å². The van der Waals surface area contributed by atoms with Crippen molar-refractivity contribution in [2.75, 3.05) is 14.1 Å². The SMILES string of the molecule is CN(C)Cc1ccc(CNC(=O)C(F)(F)C2(O)CCC2)cc1F. The van der Waals surface area contributed by atoms with Crippen LogP contribution in [0.4, 0.5) is 13.2 Å². The molecule has 1 fully saturated rings. The van der Waals surface area contributed by atoms with Gasteiger partial charge >= 0.3 is 5.92 Å². The number of hydrogen-bond donors (Lipinski definition) is 2. The number of halogens is 3. The normalized spacial score (nSPS) is 17.0. The molecule has 1 aliphatic carbocycles. The first kappa shape index (κ1) is 17.7. The fourth-order valence-electron chi connectivity index (χ4n) is 2.50. The Labute approximate surface area is 133 Å². The van der Waals surface area contributed by atoms with Crippen LogP contribution in [-0.2, 0) is 17.9 Å². The zero-order chi connectivity index (χ0) is 17.3. The first-order valence-electron chi connectivity index (χ1n) is 7.46. The standard InChI is InChI=1S/C16H21F3N2O2/c1-21(2)10-12-5-4-11(8-13(12)17)9-20-14(22)16(18,19)15(23)6-3-7-15/h4-5,8,23H,3,6-7,9-10H2,1-2H3,(H,20,22). The lowest BCUT2D eigenvalue weighted by Gasteiger charge is -2.41. The molecule has 1 saturated carbocycles. The van der Waals surface area contributed by atoms with Crippen molar-refractivity contribution in [3.8, 4) is 0 Å². The highest BCUT2D eigenvalue weighted by Crippen LogP contribution is 2.44. The minimum atomic E-state index is -3.84. The molecule has 1 aromatic rings. The van der Waals surface area contributed by atoms with Crippen LogP contribution in [-0.4, -0.2) is 41.5 Å². The van der Waals surface area contributed by atoms with E-state index >= 15 is 0 Å². The molecule has 1 amide bonds. The second kappa shape index (κ2) is 6.49. The molecular weight excluding hydrogens is 309 g/mol. The van der Waals surface area contributed by atoms with Crippen LogP contribution in [0.2, 0.25) is 0 Å². The zero-order valence-corrected chi connectivity index (χ0v) is 13.2.